The number of pyridine rings is 1. The van der Waals surface area contributed by atoms with E-state index in [0.29, 0.717) is 24.6 Å². The number of aryl methyl sites for hydroxylation is 1. The van der Waals surface area contributed by atoms with Crippen LogP contribution >= 0.6 is 0 Å². The smallest absolute Gasteiger partial charge is 0.251 e. The number of piperazine rings is 1. The normalized spacial score (nSPS) is 18.9. The molecule has 9 nitrogen and oxygen atoms in total. The standard InChI is InChI=1S/C27H33N7O2/c1-4-24(35)34-11-5-6-19(18-34)22-16-25(36)32(3)23-17-28-27(30-26(22)23)29-20-7-9-21(10-8-20)33-14-12-31(2)13-15-33/h4,7-10,16-17,19H,1,5-6,11-15,18H2,2-3H3,(H,28,29,30). The van der Waals surface area contributed by atoms with Crippen molar-refractivity contribution < 1.29 is 4.79 Å². The summed E-state index contributed by atoms with van der Waals surface area (Å²) in [6.45, 7) is 9.05. The van der Waals surface area contributed by atoms with Crippen LogP contribution in [0.2, 0.25) is 0 Å². The number of aromatic nitrogens is 3. The van der Waals surface area contributed by atoms with Gasteiger partial charge < -0.3 is 24.6 Å². The van der Waals surface area contributed by atoms with E-state index in [0.717, 1.165) is 55.8 Å². The monoisotopic (exact) mass is 487 g/mol. The molecule has 0 radical (unpaired) electrons. The Bertz CT molecular complexity index is 1330. The maximum atomic E-state index is 12.7. The van der Waals surface area contributed by atoms with Gasteiger partial charge in [0.2, 0.25) is 11.9 Å². The third kappa shape index (κ3) is 4.83. The summed E-state index contributed by atoms with van der Waals surface area (Å²) in [7, 11) is 3.89. The summed E-state index contributed by atoms with van der Waals surface area (Å²) in [6, 6.07) is 10.00. The molecule has 4 heterocycles. The first kappa shape index (κ1) is 24.0. The van der Waals surface area contributed by atoms with Gasteiger partial charge in [-0.25, -0.2) is 9.97 Å². The zero-order valence-electron chi connectivity index (χ0n) is 21.0. The van der Waals surface area contributed by atoms with Gasteiger partial charge in [-0.2, -0.15) is 0 Å². The van der Waals surface area contributed by atoms with Crippen LogP contribution in [0.3, 0.4) is 0 Å². The van der Waals surface area contributed by atoms with E-state index >= 15 is 0 Å². The van der Waals surface area contributed by atoms with Crippen molar-refractivity contribution in [2.24, 2.45) is 7.05 Å². The summed E-state index contributed by atoms with van der Waals surface area (Å²) >= 11 is 0. The molecule has 36 heavy (non-hydrogen) atoms. The summed E-state index contributed by atoms with van der Waals surface area (Å²) in [5.74, 6) is 0.430. The predicted molar refractivity (Wildman–Crippen MR) is 143 cm³/mol. The van der Waals surface area contributed by atoms with Gasteiger partial charge in [0.25, 0.3) is 5.56 Å². The highest BCUT2D eigenvalue weighted by atomic mass is 16.2. The van der Waals surface area contributed by atoms with Crippen LogP contribution in [0.5, 0.6) is 0 Å². The van der Waals surface area contributed by atoms with Crippen LogP contribution in [0.15, 0.2) is 54.0 Å². The summed E-state index contributed by atoms with van der Waals surface area (Å²) in [6.07, 6.45) is 4.81. The number of carbonyl (C=O) groups is 1. The molecule has 1 amide bonds. The SMILES string of the molecule is C=CC(=O)N1CCCC(c2cc(=O)n(C)c3cnc(Nc4ccc(N5CCN(C)CC5)cc4)nc23)C1. The van der Waals surface area contributed by atoms with Crippen LogP contribution in [-0.2, 0) is 11.8 Å². The van der Waals surface area contributed by atoms with Crippen LogP contribution in [-0.4, -0.2) is 76.6 Å². The average molecular weight is 488 g/mol. The van der Waals surface area contributed by atoms with Gasteiger partial charge in [0, 0.05) is 69.7 Å². The van der Waals surface area contributed by atoms with Gasteiger partial charge in [0.05, 0.1) is 17.2 Å². The molecule has 0 aliphatic carbocycles. The number of amides is 1. The molecule has 2 aliphatic heterocycles. The van der Waals surface area contributed by atoms with Crippen LogP contribution in [0.4, 0.5) is 17.3 Å². The van der Waals surface area contributed by atoms with Gasteiger partial charge in [-0.3, -0.25) is 9.59 Å². The van der Waals surface area contributed by atoms with Crippen molar-refractivity contribution in [2.75, 3.05) is 56.5 Å². The van der Waals surface area contributed by atoms with E-state index in [2.05, 4.69) is 45.9 Å². The number of likely N-dealkylation sites (tertiary alicyclic amines) is 1. The molecular formula is C27H33N7O2. The van der Waals surface area contributed by atoms with E-state index in [-0.39, 0.29) is 17.4 Å². The van der Waals surface area contributed by atoms with Gasteiger partial charge in [-0.05, 0) is 55.8 Å². The Labute approximate surface area is 211 Å². The number of anilines is 3. The Balaban J connectivity index is 1.41. The molecule has 2 saturated heterocycles. The summed E-state index contributed by atoms with van der Waals surface area (Å²) < 4.78 is 1.57. The first-order valence-corrected chi connectivity index (χ1v) is 12.5. The van der Waals surface area contributed by atoms with E-state index in [4.69, 9.17) is 4.98 Å². The van der Waals surface area contributed by atoms with Crippen LogP contribution in [0, 0.1) is 0 Å². The van der Waals surface area contributed by atoms with Crippen molar-refractivity contribution in [3.8, 4) is 0 Å². The summed E-state index contributed by atoms with van der Waals surface area (Å²) in [5, 5.41) is 3.32. The van der Waals surface area contributed by atoms with Crippen LogP contribution in [0.25, 0.3) is 11.0 Å². The van der Waals surface area contributed by atoms with Gasteiger partial charge in [0.1, 0.15) is 0 Å². The molecule has 1 aromatic carbocycles. The van der Waals surface area contributed by atoms with Crippen molar-refractivity contribution in [3.05, 3.63) is 65.1 Å². The van der Waals surface area contributed by atoms with Gasteiger partial charge >= 0.3 is 0 Å². The number of rotatable bonds is 5. The Morgan fingerprint density at radius 1 is 1.11 bits per heavy atom. The van der Waals surface area contributed by atoms with Crippen molar-refractivity contribution in [1.82, 2.24) is 24.3 Å². The summed E-state index contributed by atoms with van der Waals surface area (Å²) in [5.41, 5.74) is 4.29. The van der Waals surface area contributed by atoms with E-state index in [1.54, 1.807) is 28.8 Å². The third-order valence-electron chi connectivity index (χ3n) is 7.35. The van der Waals surface area contributed by atoms with Gasteiger partial charge in [-0.15, -0.1) is 0 Å². The molecular weight excluding hydrogens is 454 g/mol. The van der Waals surface area contributed by atoms with E-state index < -0.39 is 0 Å². The number of piperidine rings is 1. The first-order chi connectivity index (χ1) is 17.4. The zero-order valence-corrected chi connectivity index (χ0v) is 21.0. The summed E-state index contributed by atoms with van der Waals surface area (Å²) in [4.78, 5) is 40.8. The lowest BCUT2D eigenvalue weighted by molar-refractivity contribution is -0.127. The van der Waals surface area contributed by atoms with Crippen LogP contribution in [0.1, 0.15) is 24.3 Å². The molecule has 1 atom stereocenters. The molecule has 1 N–H and O–H groups in total. The van der Waals surface area contributed by atoms with E-state index in [1.165, 1.54) is 11.8 Å². The minimum absolute atomic E-state index is 0.0321. The molecule has 2 aromatic heterocycles. The number of likely N-dealkylation sites (N-methyl/N-ethyl adjacent to an activating group) is 1. The largest absolute Gasteiger partial charge is 0.369 e. The number of fused-ring (bicyclic) bond motifs is 1. The number of hydrogen-bond donors (Lipinski definition) is 1. The molecule has 3 aromatic rings. The number of nitrogens with zero attached hydrogens (tertiary/aromatic N) is 6. The van der Waals surface area contributed by atoms with E-state index in [9.17, 15) is 9.59 Å². The Kier molecular flexibility index (Phi) is 6.73. The second kappa shape index (κ2) is 10.1. The highest BCUT2D eigenvalue weighted by molar-refractivity contribution is 5.87. The number of nitrogens with one attached hydrogen (secondary N) is 1. The fraction of sp³-hybridized carbons (Fsp3) is 0.407. The van der Waals surface area contributed by atoms with Crippen molar-refractivity contribution in [2.45, 2.75) is 18.8 Å². The molecule has 0 saturated carbocycles. The molecule has 1 unspecified atom stereocenters. The Hall–Kier alpha value is -3.72. The number of hydrogen-bond acceptors (Lipinski definition) is 7. The highest BCUT2D eigenvalue weighted by Gasteiger charge is 2.26. The lowest BCUT2D eigenvalue weighted by Gasteiger charge is -2.34. The highest BCUT2D eigenvalue weighted by Crippen LogP contribution is 2.31. The Morgan fingerprint density at radius 2 is 1.86 bits per heavy atom. The fourth-order valence-corrected chi connectivity index (χ4v) is 5.13. The van der Waals surface area contributed by atoms with Crippen LogP contribution < -0.4 is 15.8 Å². The predicted octanol–water partition coefficient (Wildman–Crippen LogP) is 2.72. The number of benzene rings is 1. The molecule has 0 spiro atoms. The molecule has 9 heteroatoms. The average Bonchev–Trinajstić information content (AvgIpc) is 2.91. The second-order valence-corrected chi connectivity index (χ2v) is 9.71. The maximum absolute atomic E-state index is 12.7. The third-order valence-corrected chi connectivity index (χ3v) is 7.35. The topological polar surface area (TPSA) is 86.6 Å². The molecule has 188 valence electrons. The maximum Gasteiger partial charge on any atom is 0.251 e. The lowest BCUT2D eigenvalue weighted by atomic mass is 9.90. The fourth-order valence-electron chi connectivity index (χ4n) is 5.13. The lowest BCUT2D eigenvalue weighted by Crippen LogP contribution is -2.44. The Morgan fingerprint density at radius 3 is 2.58 bits per heavy atom. The zero-order chi connectivity index (χ0) is 25.2. The van der Waals surface area contributed by atoms with Gasteiger partial charge in [-0.1, -0.05) is 6.58 Å². The molecule has 2 fully saturated rings. The van der Waals surface area contributed by atoms with Gasteiger partial charge in [0.15, 0.2) is 0 Å². The molecule has 2 aliphatic rings. The molecule has 5 rings (SSSR count). The minimum atomic E-state index is -0.103. The number of carbonyl (C=O) groups excluding carboxylic acids is 1. The van der Waals surface area contributed by atoms with Crippen molar-refractivity contribution in [1.29, 1.82) is 0 Å². The van der Waals surface area contributed by atoms with Crippen molar-refractivity contribution >= 4 is 34.3 Å². The van der Waals surface area contributed by atoms with E-state index in [1.807, 2.05) is 12.1 Å². The van der Waals surface area contributed by atoms with Crippen molar-refractivity contribution in [3.63, 3.8) is 0 Å². The minimum Gasteiger partial charge on any atom is -0.369 e. The second-order valence-electron chi connectivity index (χ2n) is 9.71. The molecule has 0 bridgehead atoms. The quantitative estimate of drug-likeness (QED) is 0.554. The first-order valence-electron chi connectivity index (χ1n) is 12.5.